The van der Waals surface area contributed by atoms with Gasteiger partial charge in [0.2, 0.25) is 0 Å². The topological polar surface area (TPSA) is 66.2 Å². The molecule has 0 saturated carbocycles. The molecule has 0 amide bonds. The van der Waals surface area contributed by atoms with Gasteiger partial charge in [0.05, 0.1) is 25.1 Å². The van der Waals surface area contributed by atoms with Crippen LogP contribution in [0.1, 0.15) is 31.2 Å². The van der Waals surface area contributed by atoms with E-state index in [0.717, 1.165) is 31.2 Å². The molecule has 1 aromatic heterocycles. The highest BCUT2D eigenvalue weighted by molar-refractivity contribution is 5.71. The van der Waals surface area contributed by atoms with E-state index in [9.17, 15) is 10.1 Å². The Hall–Kier alpha value is -1.93. The van der Waals surface area contributed by atoms with Gasteiger partial charge in [-0.15, -0.1) is 0 Å². The lowest BCUT2D eigenvalue weighted by molar-refractivity contribution is -0.143. The third-order valence-electron chi connectivity index (χ3n) is 4.91. The van der Waals surface area contributed by atoms with Gasteiger partial charge in [-0.3, -0.25) is 14.7 Å². The lowest BCUT2D eigenvalue weighted by Gasteiger charge is -2.42. The number of aromatic nitrogens is 1. The molecular weight excluding hydrogens is 266 g/mol. The predicted molar refractivity (Wildman–Crippen MR) is 76.3 cm³/mol. The average Bonchev–Trinajstić information content (AvgIpc) is 2.77. The zero-order valence-electron chi connectivity index (χ0n) is 12.2. The zero-order chi connectivity index (χ0) is 14.9. The van der Waals surface area contributed by atoms with Crippen LogP contribution in [0.3, 0.4) is 0 Å². The van der Waals surface area contributed by atoms with Gasteiger partial charge in [0.1, 0.15) is 0 Å². The highest BCUT2D eigenvalue weighted by atomic mass is 16.5. The summed E-state index contributed by atoms with van der Waals surface area (Å²) in [4.78, 5) is 17.9. The maximum Gasteiger partial charge on any atom is 0.319 e. The number of piperidine rings is 1. The van der Waals surface area contributed by atoms with Crippen LogP contribution in [-0.4, -0.2) is 41.6 Å². The van der Waals surface area contributed by atoms with Gasteiger partial charge in [-0.05, 0) is 37.3 Å². The van der Waals surface area contributed by atoms with Gasteiger partial charge in [-0.2, -0.15) is 5.26 Å². The number of esters is 1. The number of nitriles is 1. The van der Waals surface area contributed by atoms with Crippen LogP contribution in [-0.2, 0) is 14.9 Å². The number of ether oxygens (including phenoxy) is 1. The first-order valence-corrected chi connectivity index (χ1v) is 7.33. The van der Waals surface area contributed by atoms with E-state index in [4.69, 9.17) is 4.74 Å². The molecule has 0 N–H and O–H groups in total. The highest BCUT2D eigenvalue weighted by Crippen LogP contribution is 2.46. The number of fused-ring (bicyclic) bond motifs is 2. The minimum atomic E-state index is -0.466. The maximum atomic E-state index is 11.6. The Balaban J connectivity index is 1.84. The minimum Gasteiger partial charge on any atom is -0.468 e. The predicted octanol–water partition coefficient (Wildman–Crippen LogP) is 1.64. The number of carbonyl (C=O) groups excluding carboxylic acids is 1. The van der Waals surface area contributed by atoms with Crippen LogP contribution in [0.5, 0.6) is 0 Å². The molecule has 5 nitrogen and oxygen atoms in total. The number of carbonyl (C=O) groups is 1. The fourth-order valence-electron chi connectivity index (χ4n) is 3.85. The molecule has 2 fully saturated rings. The van der Waals surface area contributed by atoms with E-state index in [2.05, 4.69) is 16.0 Å². The Morgan fingerprint density at radius 3 is 2.76 bits per heavy atom. The van der Waals surface area contributed by atoms with Crippen molar-refractivity contribution in [3.8, 4) is 6.07 Å². The molecule has 2 aliphatic heterocycles. The van der Waals surface area contributed by atoms with Crippen molar-refractivity contribution >= 4 is 5.97 Å². The summed E-state index contributed by atoms with van der Waals surface area (Å²) in [5.74, 6) is -0.197. The van der Waals surface area contributed by atoms with Gasteiger partial charge in [0, 0.05) is 24.5 Å². The fourth-order valence-corrected chi connectivity index (χ4v) is 3.85. The van der Waals surface area contributed by atoms with Crippen molar-refractivity contribution in [3.05, 3.63) is 30.1 Å². The summed E-state index contributed by atoms with van der Waals surface area (Å²) < 4.78 is 4.78. The largest absolute Gasteiger partial charge is 0.468 e. The van der Waals surface area contributed by atoms with Crippen LogP contribution in [0.15, 0.2) is 24.5 Å². The summed E-state index contributed by atoms with van der Waals surface area (Å²) in [5, 5.41) is 9.78. The Bertz CT molecular complexity index is 553. The second kappa shape index (κ2) is 5.45. The van der Waals surface area contributed by atoms with Crippen molar-refractivity contribution in [3.63, 3.8) is 0 Å². The lowest BCUT2D eigenvalue weighted by atomic mass is 9.71. The van der Waals surface area contributed by atoms with E-state index in [1.165, 1.54) is 7.11 Å². The summed E-state index contributed by atoms with van der Waals surface area (Å²) in [6.07, 6.45) is 7.16. The molecule has 3 rings (SSSR count). The molecular formula is C16H19N3O2. The summed E-state index contributed by atoms with van der Waals surface area (Å²) in [7, 11) is 1.42. The molecule has 2 atom stereocenters. The van der Waals surface area contributed by atoms with Crippen LogP contribution in [0.25, 0.3) is 0 Å². The quantitative estimate of drug-likeness (QED) is 0.790. The molecule has 110 valence electrons. The van der Waals surface area contributed by atoms with Crippen LogP contribution < -0.4 is 0 Å². The first-order chi connectivity index (χ1) is 10.2. The molecule has 0 radical (unpaired) electrons. The molecule has 0 spiro atoms. The third-order valence-corrected chi connectivity index (χ3v) is 4.91. The first kappa shape index (κ1) is 14.0. The summed E-state index contributed by atoms with van der Waals surface area (Å²) in [5.41, 5.74) is 0.536. The van der Waals surface area contributed by atoms with Gasteiger partial charge in [0.25, 0.3) is 0 Å². The first-order valence-electron chi connectivity index (χ1n) is 7.33. The Morgan fingerprint density at radius 2 is 2.24 bits per heavy atom. The van der Waals surface area contributed by atoms with Gasteiger partial charge < -0.3 is 4.74 Å². The summed E-state index contributed by atoms with van der Waals surface area (Å²) >= 11 is 0. The molecule has 3 heterocycles. The summed E-state index contributed by atoms with van der Waals surface area (Å²) in [6.45, 7) is 0.334. The molecule has 21 heavy (non-hydrogen) atoms. The zero-order valence-corrected chi connectivity index (χ0v) is 12.2. The van der Waals surface area contributed by atoms with Crippen molar-refractivity contribution in [2.45, 2.75) is 43.2 Å². The normalized spacial score (nSPS) is 31.6. The number of rotatable bonds is 3. The van der Waals surface area contributed by atoms with Crippen molar-refractivity contribution < 1.29 is 9.53 Å². The van der Waals surface area contributed by atoms with Crippen LogP contribution >= 0.6 is 0 Å². The Kier molecular flexibility index (Phi) is 3.64. The standard InChI is InChI=1S/C16H19N3O2/c1-21-15(20)10-19-13-4-5-14(19)8-16(7-13,11-17)12-3-2-6-18-9-12/h2-3,6,9,13-14H,4-5,7-8,10H2,1H3. The van der Waals surface area contributed by atoms with E-state index in [0.29, 0.717) is 6.54 Å². The smallest absolute Gasteiger partial charge is 0.319 e. The highest BCUT2D eigenvalue weighted by Gasteiger charge is 2.50. The lowest BCUT2D eigenvalue weighted by Crippen LogP contribution is -2.50. The molecule has 0 aliphatic carbocycles. The van der Waals surface area contributed by atoms with Gasteiger partial charge in [-0.1, -0.05) is 6.07 Å². The third kappa shape index (κ3) is 2.40. The minimum absolute atomic E-state index is 0.197. The van der Waals surface area contributed by atoms with Gasteiger partial charge in [0.15, 0.2) is 0 Å². The second-order valence-electron chi connectivity index (χ2n) is 5.98. The van der Waals surface area contributed by atoms with Crippen LogP contribution in [0.2, 0.25) is 0 Å². The van der Waals surface area contributed by atoms with E-state index in [-0.39, 0.29) is 18.1 Å². The van der Waals surface area contributed by atoms with E-state index < -0.39 is 5.41 Å². The van der Waals surface area contributed by atoms with Crippen molar-refractivity contribution in [1.82, 2.24) is 9.88 Å². The monoisotopic (exact) mass is 285 g/mol. The molecule has 2 unspecified atom stereocenters. The van der Waals surface area contributed by atoms with Crippen LogP contribution in [0.4, 0.5) is 0 Å². The van der Waals surface area contributed by atoms with Crippen LogP contribution in [0, 0.1) is 11.3 Å². The molecule has 2 bridgehead atoms. The maximum absolute atomic E-state index is 11.6. The van der Waals surface area contributed by atoms with E-state index >= 15 is 0 Å². The number of hydrogen-bond donors (Lipinski definition) is 0. The van der Waals surface area contributed by atoms with Crippen molar-refractivity contribution in [2.75, 3.05) is 13.7 Å². The van der Waals surface area contributed by atoms with Gasteiger partial charge >= 0.3 is 5.97 Å². The number of nitrogens with zero attached hydrogens (tertiary/aromatic N) is 3. The summed E-state index contributed by atoms with van der Waals surface area (Å²) in [6, 6.07) is 6.98. The second-order valence-corrected chi connectivity index (χ2v) is 5.98. The molecule has 0 aromatic carbocycles. The molecule has 2 saturated heterocycles. The molecule has 5 heteroatoms. The average molecular weight is 285 g/mol. The number of hydrogen-bond acceptors (Lipinski definition) is 5. The molecule has 1 aromatic rings. The fraction of sp³-hybridized carbons (Fsp3) is 0.562. The van der Waals surface area contributed by atoms with Crippen molar-refractivity contribution in [2.24, 2.45) is 0 Å². The molecule has 2 aliphatic rings. The number of methoxy groups -OCH3 is 1. The van der Waals surface area contributed by atoms with E-state index in [1.807, 2.05) is 12.1 Å². The SMILES string of the molecule is COC(=O)CN1C2CCC1CC(C#N)(c1cccnc1)C2. The Morgan fingerprint density at radius 1 is 1.52 bits per heavy atom. The van der Waals surface area contributed by atoms with E-state index in [1.54, 1.807) is 12.4 Å². The number of pyridine rings is 1. The van der Waals surface area contributed by atoms with Gasteiger partial charge in [-0.25, -0.2) is 0 Å². The Labute approximate surface area is 124 Å². The van der Waals surface area contributed by atoms with Crippen molar-refractivity contribution in [1.29, 1.82) is 5.26 Å².